The quantitative estimate of drug-likeness (QED) is 0.563. The van der Waals surface area contributed by atoms with Gasteiger partial charge in [-0.3, -0.25) is 4.40 Å². The Balaban J connectivity index is 1.51. The van der Waals surface area contributed by atoms with E-state index in [1.165, 1.54) is 0 Å². The maximum absolute atomic E-state index is 4.56. The molecular formula is C17H16N6S. The standard InChI is InChI=1S/C17H16N6S/c1-2-8-23-14(5-1)20-21-15(23)12-4-3-7-22(10-12)16-13-6-9-24-17(13)19-11-18-16/h1-2,5-6,8-9,11-12H,3-4,7,10H2. The van der Waals surface area contributed by atoms with Crippen LogP contribution in [-0.2, 0) is 0 Å². The predicted molar refractivity (Wildman–Crippen MR) is 94.6 cm³/mol. The molecule has 4 aromatic heterocycles. The molecule has 0 saturated carbocycles. The fourth-order valence-corrected chi connectivity index (χ4v) is 4.27. The third-order valence-electron chi connectivity index (χ3n) is 4.67. The summed E-state index contributed by atoms with van der Waals surface area (Å²) in [5.41, 5.74) is 0.909. The van der Waals surface area contributed by atoms with Crippen molar-refractivity contribution in [2.75, 3.05) is 18.0 Å². The highest BCUT2D eigenvalue weighted by molar-refractivity contribution is 7.16. The van der Waals surface area contributed by atoms with Crippen LogP contribution in [0.4, 0.5) is 5.82 Å². The zero-order valence-corrected chi connectivity index (χ0v) is 13.9. The Morgan fingerprint density at radius 1 is 1.12 bits per heavy atom. The maximum Gasteiger partial charge on any atom is 0.160 e. The summed E-state index contributed by atoms with van der Waals surface area (Å²) in [5.74, 6) is 2.45. The van der Waals surface area contributed by atoms with Crippen molar-refractivity contribution in [3.8, 4) is 0 Å². The van der Waals surface area contributed by atoms with Crippen molar-refractivity contribution in [1.82, 2.24) is 24.6 Å². The van der Waals surface area contributed by atoms with Crippen molar-refractivity contribution in [2.45, 2.75) is 18.8 Å². The minimum atomic E-state index is 0.361. The number of pyridine rings is 1. The van der Waals surface area contributed by atoms with Gasteiger partial charge in [-0.25, -0.2) is 9.97 Å². The van der Waals surface area contributed by atoms with E-state index in [0.29, 0.717) is 5.92 Å². The van der Waals surface area contributed by atoms with Gasteiger partial charge >= 0.3 is 0 Å². The molecule has 4 aromatic rings. The normalized spacial score (nSPS) is 18.5. The van der Waals surface area contributed by atoms with Gasteiger partial charge in [0.1, 0.15) is 22.8 Å². The highest BCUT2D eigenvalue weighted by Gasteiger charge is 2.27. The second kappa shape index (κ2) is 5.52. The molecule has 1 fully saturated rings. The first kappa shape index (κ1) is 13.9. The third kappa shape index (κ3) is 2.16. The summed E-state index contributed by atoms with van der Waals surface area (Å²) in [4.78, 5) is 12.3. The van der Waals surface area contributed by atoms with Gasteiger partial charge in [0.25, 0.3) is 0 Å². The van der Waals surface area contributed by atoms with Crippen molar-refractivity contribution in [2.24, 2.45) is 0 Å². The van der Waals surface area contributed by atoms with Crippen LogP contribution in [0.15, 0.2) is 42.2 Å². The van der Waals surface area contributed by atoms with Crippen LogP contribution in [0.5, 0.6) is 0 Å². The van der Waals surface area contributed by atoms with E-state index in [1.54, 1.807) is 17.7 Å². The van der Waals surface area contributed by atoms with Crippen LogP contribution in [0, 0.1) is 0 Å². The first-order valence-corrected chi connectivity index (χ1v) is 9.01. The number of anilines is 1. The zero-order chi connectivity index (χ0) is 15.9. The van der Waals surface area contributed by atoms with Crippen molar-refractivity contribution >= 4 is 33.0 Å². The van der Waals surface area contributed by atoms with Gasteiger partial charge in [0.05, 0.1) is 5.39 Å². The molecule has 1 saturated heterocycles. The van der Waals surface area contributed by atoms with Gasteiger partial charge in [0, 0.05) is 25.2 Å². The van der Waals surface area contributed by atoms with E-state index >= 15 is 0 Å². The molecule has 0 N–H and O–H groups in total. The molecule has 1 unspecified atom stereocenters. The van der Waals surface area contributed by atoms with Gasteiger partial charge in [0.2, 0.25) is 0 Å². The maximum atomic E-state index is 4.56. The van der Waals surface area contributed by atoms with Crippen LogP contribution in [0.1, 0.15) is 24.6 Å². The van der Waals surface area contributed by atoms with E-state index in [9.17, 15) is 0 Å². The van der Waals surface area contributed by atoms with Crippen LogP contribution in [-0.4, -0.2) is 37.7 Å². The van der Waals surface area contributed by atoms with Gasteiger partial charge < -0.3 is 4.90 Å². The number of hydrogen-bond donors (Lipinski definition) is 0. The SMILES string of the molecule is c1ccn2c(C3CCCN(c4ncnc5sccc45)C3)nnc2c1. The van der Waals surface area contributed by atoms with E-state index in [-0.39, 0.29) is 0 Å². The van der Waals surface area contributed by atoms with Crippen molar-refractivity contribution in [3.05, 3.63) is 48.0 Å². The monoisotopic (exact) mass is 336 g/mol. The van der Waals surface area contributed by atoms with Gasteiger partial charge in [-0.15, -0.1) is 21.5 Å². The van der Waals surface area contributed by atoms with Crippen molar-refractivity contribution in [1.29, 1.82) is 0 Å². The smallest absolute Gasteiger partial charge is 0.160 e. The minimum absolute atomic E-state index is 0.361. The van der Waals surface area contributed by atoms with Crippen LogP contribution in [0.2, 0.25) is 0 Å². The summed E-state index contributed by atoms with van der Waals surface area (Å²) in [5, 5.41) is 12.0. The highest BCUT2D eigenvalue weighted by atomic mass is 32.1. The largest absolute Gasteiger partial charge is 0.355 e. The fraction of sp³-hybridized carbons (Fsp3) is 0.294. The number of fused-ring (bicyclic) bond motifs is 2. The molecule has 120 valence electrons. The van der Waals surface area contributed by atoms with Gasteiger partial charge in [-0.2, -0.15) is 0 Å². The summed E-state index contributed by atoms with van der Waals surface area (Å²) < 4.78 is 2.11. The zero-order valence-electron chi connectivity index (χ0n) is 13.0. The Labute approximate surface area is 142 Å². The molecule has 1 aliphatic heterocycles. The molecule has 7 heteroatoms. The molecule has 0 amide bonds. The predicted octanol–water partition coefficient (Wildman–Crippen LogP) is 3.12. The number of aromatic nitrogens is 5. The van der Waals surface area contributed by atoms with E-state index in [1.807, 2.05) is 24.4 Å². The lowest BCUT2D eigenvalue weighted by molar-refractivity contribution is 0.486. The Kier molecular flexibility index (Phi) is 3.19. The number of rotatable bonds is 2. The van der Waals surface area contributed by atoms with Gasteiger partial charge in [-0.05, 0) is 36.4 Å². The summed E-state index contributed by atoms with van der Waals surface area (Å²) in [6.45, 7) is 1.94. The number of thiophene rings is 1. The molecule has 6 nitrogen and oxygen atoms in total. The molecule has 0 spiro atoms. The minimum Gasteiger partial charge on any atom is -0.355 e. The summed E-state index contributed by atoms with van der Waals surface area (Å²) in [7, 11) is 0. The molecule has 1 atom stereocenters. The number of nitrogens with zero attached hydrogens (tertiary/aromatic N) is 6. The lowest BCUT2D eigenvalue weighted by atomic mass is 9.97. The average Bonchev–Trinajstić information content (AvgIpc) is 3.28. The lowest BCUT2D eigenvalue weighted by Crippen LogP contribution is -2.35. The second-order valence-corrected chi connectivity index (χ2v) is 7.00. The Morgan fingerprint density at radius 2 is 2.12 bits per heavy atom. The van der Waals surface area contributed by atoms with Crippen LogP contribution >= 0.6 is 11.3 Å². The van der Waals surface area contributed by atoms with E-state index in [4.69, 9.17) is 0 Å². The van der Waals surface area contributed by atoms with Crippen LogP contribution in [0.25, 0.3) is 15.9 Å². The summed E-state index contributed by atoms with van der Waals surface area (Å²) >= 11 is 1.66. The molecule has 1 aliphatic rings. The topological polar surface area (TPSA) is 59.2 Å². The number of piperidine rings is 1. The highest BCUT2D eigenvalue weighted by Crippen LogP contribution is 2.32. The molecule has 5 rings (SSSR count). The van der Waals surface area contributed by atoms with Crippen molar-refractivity contribution in [3.63, 3.8) is 0 Å². The third-order valence-corrected chi connectivity index (χ3v) is 5.49. The molecule has 0 radical (unpaired) electrons. The Hall–Kier alpha value is -2.54. The average molecular weight is 336 g/mol. The molecule has 24 heavy (non-hydrogen) atoms. The Morgan fingerprint density at radius 3 is 3.12 bits per heavy atom. The van der Waals surface area contributed by atoms with Gasteiger partial charge in [0.15, 0.2) is 5.65 Å². The first-order valence-electron chi connectivity index (χ1n) is 8.13. The Bertz CT molecular complexity index is 1010. The number of hydrogen-bond acceptors (Lipinski definition) is 6. The molecule has 5 heterocycles. The van der Waals surface area contributed by atoms with E-state index in [0.717, 1.165) is 53.4 Å². The van der Waals surface area contributed by atoms with Crippen molar-refractivity contribution < 1.29 is 0 Å². The van der Waals surface area contributed by atoms with Gasteiger partial charge in [-0.1, -0.05) is 6.07 Å². The van der Waals surface area contributed by atoms with Crippen LogP contribution < -0.4 is 4.90 Å². The van der Waals surface area contributed by atoms with E-state index < -0.39 is 0 Å². The molecule has 0 bridgehead atoms. The molecule has 0 aliphatic carbocycles. The summed E-state index contributed by atoms with van der Waals surface area (Å²) in [6, 6.07) is 8.14. The molecular weight excluding hydrogens is 320 g/mol. The van der Waals surface area contributed by atoms with E-state index in [2.05, 4.69) is 40.9 Å². The lowest BCUT2D eigenvalue weighted by Gasteiger charge is -2.33. The molecule has 0 aromatic carbocycles. The first-order chi connectivity index (χ1) is 11.9. The van der Waals surface area contributed by atoms with Crippen LogP contribution in [0.3, 0.4) is 0 Å². The second-order valence-electron chi connectivity index (χ2n) is 6.11. The fourth-order valence-electron chi connectivity index (χ4n) is 3.55. The summed E-state index contributed by atoms with van der Waals surface area (Å²) in [6.07, 6.45) is 5.97.